The first kappa shape index (κ1) is 15.0. The maximum Gasteiger partial charge on any atom is 0.0881 e. The van der Waals surface area contributed by atoms with Gasteiger partial charge in [0.1, 0.15) is 0 Å². The lowest BCUT2D eigenvalue weighted by molar-refractivity contribution is -0.304. The van der Waals surface area contributed by atoms with E-state index in [0.29, 0.717) is 12.5 Å². The minimum Gasteiger partial charge on any atom is -0.385 e. The van der Waals surface area contributed by atoms with Crippen molar-refractivity contribution in [2.45, 2.75) is 58.0 Å². The highest BCUT2D eigenvalue weighted by molar-refractivity contribution is 5.15. The van der Waals surface area contributed by atoms with Gasteiger partial charge < -0.3 is 5.11 Å². The molecular weight excluding hydrogens is 240 g/mol. The molecule has 0 aromatic carbocycles. The van der Waals surface area contributed by atoms with E-state index < -0.39 is 5.60 Å². The van der Waals surface area contributed by atoms with Crippen LogP contribution in [-0.4, -0.2) is 24.4 Å². The fourth-order valence-corrected chi connectivity index (χ4v) is 4.72. The zero-order chi connectivity index (χ0) is 14.1. The smallest absolute Gasteiger partial charge is 0.0881 e. The lowest BCUT2D eigenvalue weighted by Gasteiger charge is -2.60. The lowest BCUT2D eigenvalue weighted by atomic mass is 9.46. The molecule has 2 saturated carbocycles. The summed E-state index contributed by atoms with van der Waals surface area (Å²) >= 11 is 0. The van der Waals surface area contributed by atoms with Crippen molar-refractivity contribution in [1.29, 1.82) is 0 Å². The molecule has 4 atom stereocenters. The van der Waals surface area contributed by atoms with Gasteiger partial charge >= 0.3 is 0 Å². The van der Waals surface area contributed by atoms with Crippen molar-refractivity contribution in [2.24, 2.45) is 16.7 Å². The van der Waals surface area contributed by atoms with E-state index in [1.54, 1.807) is 13.2 Å². The van der Waals surface area contributed by atoms with E-state index in [4.69, 9.17) is 9.78 Å². The Hall–Kier alpha value is -0.380. The monoisotopic (exact) mass is 268 g/mol. The van der Waals surface area contributed by atoms with E-state index in [0.717, 1.165) is 38.5 Å². The highest BCUT2D eigenvalue weighted by Gasteiger charge is 2.59. The first-order valence-electron chi connectivity index (χ1n) is 7.43. The van der Waals surface area contributed by atoms with Crippen LogP contribution in [0.25, 0.3) is 0 Å². The van der Waals surface area contributed by atoms with Gasteiger partial charge in [0.05, 0.1) is 19.3 Å². The van der Waals surface area contributed by atoms with Crippen molar-refractivity contribution in [3.8, 4) is 0 Å². The van der Waals surface area contributed by atoms with Gasteiger partial charge in [-0.15, -0.1) is 6.58 Å². The predicted octanol–water partition coefficient (Wildman–Crippen LogP) is 3.48. The van der Waals surface area contributed by atoms with Crippen molar-refractivity contribution in [3.05, 3.63) is 12.7 Å². The van der Waals surface area contributed by atoms with Crippen LogP contribution in [0.1, 0.15) is 52.4 Å². The van der Waals surface area contributed by atoms with Gasteiger partial charge in [0.2, 0.25) is 0 Å². The number of fused-ring (bicyclic) bond motifs is 1. The minimum atomic E-state index is -0.731. The zero-order valence-electron chi connectivity index (χ0n) is 12.6. The van der Waals surface area contributed by atoms with Crippen LogP contribution in [0.4, 0.5) is 0 Å². The Labute approximate surface area is 116 Å². The molecule has 19 heavy (non-hydrogen) atoms. The van der Waals surface area contributed by atoms with Gasteiger partial charge in [0.15, 0.2) is 0 Å². The van der Waals surface area contributed by atoms with Crippen LogP contribution in [0.5, 0.6) is 0 Å². The number of aliphatic hydroxyl groups is 1. The lowest BCUT2D eigenvalue weighted by Crippen LogP contribution is -2.59. The van der Waals surface area contributed by atoms with Gasteiger partial charge in [-0.1, -0.05) is 26.3 Å². The largest absolute Gasteiger partial charge is 0.385 e. The van der Waals surface area contributed by atoms with Gasteiger partial charge in [0.25, 0.3) is 0 Å². The minimum absolute atomic E-state index is 0.0837. The van der Waals surface area contributed by atoms with Gasteiger partial charge in [-0.25, -0.2) is 9.78 Å². The van der Waals surface area contributed by atoms with Gasteiger partial charge in [0, 0.05) is 5.41 Å². The Kier molecular flexibility index (Phi) is 4.10. The molecule has 4 unspecified atom stereocenters. The summed E-state index contributed by atoms with van der Waals surface area (Å²) < 4.78 is 0. The summed E-state index contributed by atoms with van der Waals surface area (Å²) in [7, 11) is 1.56. The zero-order valence-corrected chi connectivity index (χ0v) is 12.6. The predicted molar refractivity (Wildman–Crippen MR) is 75.5 cm³/mol. The van der Waals surface area contributed by atoms with Crippen LogP contribution in [-0.2, 0) is 9.78 Å². The molecule has 0 spiro atoms. The van der Waals surface area contributed by atoms with E-state index >= 15 is 0 Å². The highest BCUT2D eigenvalue weighted by Crippen LogP contribution is 2.61. The molecule has 0 bridgehead atoms. The van der Waals surface area contributed by atoms with Gasteiger partial charge in [-0.3, -0.25) is 0 Å². The van der Waals surface area contributed by atoms with E-state index in [2.05, 4.69) is 20.4 Å². The molecule has 2 fully saturated rings. The Morgan fingerprint density at radius 1 is 1.26 bits per heavy atom. The van der Waals surface area contributed by atoms with E-state index in [9.17, 15) is 5.11 Å². The normalized spacial score (nSPS) is 46.6. The van der Waals surface area contributed by atoms with Gasteiger partial charge in [-0.05, 0) is 43.4 Å². The summed E-state index contributed by atoms with van der Waals surface area (Å²) in [5.74, 6) is 0.459. The average molecular weight is 268 g/mol. The third-order valence-electron chi connectivity index (χ3n) is 5.94. The SMILES string of the molecule is C=CC1(O)CCCC2C(C)(COOC)CCCC21C. The third kappa shape index (κ3) is 2.26. The van der Waals surface area contributed by atoms with Crippen LogP contribution in [0, 0.1) is 16.7 Å². The van der Waals surface area contributed by atoms with Crippen molar-refractivity contribution < 1.29 is 14.9 Å². The molecule has 110 valence electrons. The van der Waals surface area contributed by atoms with E-state index in [1.165, 1.54) is 0 Å². The molecular formula is C16H28O3. The summed E-state index contributed by atoms with van der Waals surface area (Å²) in [6.45, 7) is 9.02. The van der Waals surface area contributed by atoms with Crippen LogP contribution in [0.15, 0.2) is 12.7 Å². The van der Waals surface area contributed by atoms with Crippen LogP contribution in [0.3, 0.4) is 0 Å². The second-order valence-electron chi connectivity index (χ2n) is 6.93. The fourth-order valence-electron chi connectivity index (χ4n) is 4.72. The van der Waals surface area contributed by atoms with Crippen LogP contribution >= 0.6 is 0 Å². The van der Waals surface area contributed by atoms with Gasteiger partial charge in [-0.2, -0.15) is 0 Å². The van der Waals surface area contributed by atoms with Crippen molar-refractivity contribution in [3.63, 3.8) is 0 Å². The number of rotatable bonds is 4. The second-order valence-corrected chi connectivity index (χ2v) is 6.93. The number of hydrogen-bond donors (Lipinski definition) is 1. The van der Waals surface area contributed by atoms with Crippen molar-refractivity contribution in [1.82, 2.24) is 0 Å². The molecule has 0 aromatic heterocycles. The fraction of sp³-hybridized carbons (Fsp3) is 0.875. The van der Waals surface area contributed by atoms with Crippen LogP contribution in [0.2, 0.25) is 0 Å². The van der Waals surface area contributed by atoms with Crippen molar-refractivity contribution >= 4 is 0 Å². The summed E-state index contributed by atoms with van der Waals surface area (Å²) in [6, 6.07) is 0. The second kappa shape index (κ2) is 5.19. The topological polar surface area (TPSA) is 38.7 Å². The molecule has 0 radical (unpaired) electrons. The quantitative estimate of drug-likeness (QED) is 0.482. The molecule has 0 aliphatic heterocycles. The maximum atomic E-state index is 11.0. The summed E-state index contributed by atoms with van der Waals surface area (Å²) in [6.07, 6.45) is 8.19. The molecule has 0 aromatic rings. The van der Waals surface area contributed by atoms with E-state index in [-0.39, 0.29) is 10.8 Å². The molecule has 2 rings (SSSR count). The summed E-state index contributed by atoms with van der Waals surface area (Å²) in [4.78, 5) is 10.1. The molecule has 0 heterocycles. The third-order valence-corrected chi connectivity index (χ3v) is 5.94. The summed E-state index contributed by atoms with van der Waals surface area (Å²) in [5.41, 5.74) is -0.734. The Bertz CT molecular complexity index is 343. The Balaban J connectivity index is 2.31. The summed E-state index contributed by atoms with van der Waals surface area (Å²) in [5, 5.41) is 11.0. The molecule has 0 amide bonds. The highest BCUT2D eigenvalue weighted by atomic mass is 17.2. The van der Waals surface area contributed by atoms with E-state index in [1.807, 2.05) is 0 Å². The molecule has 3 nitrogen and oxygen atoms in total. The average Bonchev–Trinajstić information content (AvgIpc) is 2.39. The standard InChI is InChI=1S/C16H28O3/c1-5-16(17)11-6-8-13-14(2,12-19-18-4)9-7-10-15(13,16)3/h5,13,17H,1,6-12H2,2-4H3. The first-order chi connectivity index (χ1) is 8.92. The van der Waals surface area contributed by atoms with Crippen molar-refractivity contribution in [2.75, 3.05) is 13.7 Å². The molecule has 3 heteroatoms. The Morgan fingerprint density at radius 2 is 2.00 bits per heavy atom. The van der Waals surface area contributed by atoms with Crippen LogP contribution < -0.4 is 0 Å². The molecule has 2 aliphatic rings. The molecule has 1 N–H and O–H groups in total. The molecule has 2 aliphatic carbocycles. The first-order valence-corrected chi connectivity index (χ1v) is 7.43. The molecule has 0 saturated heterocycles. The Morgan fingerprint density at radius 3 is 2.63 bits per heavy atom. The number of hydrogen-bond acceptors (Lipinski definition) is 3. The maximum absolute atomic E-state index is 11.0.